The minimum absolute atomic E-state index is 0.0511. The third kappa shape index (κ3) is 4.35. The first-order valence-electron chi connectivity index (χ1n) is 9.75. The number of amides is 1. The molecule has 7 nitrogen and oxygen atoms in total. The van der Waals surface area contributed by atoms with Crippen molar-refractivity contribution in [1.29, 1.82) is 0 Å². The Bertz CT molecular complexity index is 814. The fourth-order valence-corrected chi connectivity index (χ4v) is 3.59. The summed E-state index contributed by atoms with van der Waals surface area (Å²) in [6.45, 7) is 1.44. The van der Waals surface area contributed by atoms with Crippen LogP contribution in [0.2, 0.25) is 0 Å². The molecule has 1 aliphatic heterocycles. The lowest BCUT2D eigenvalue weighted by atomic mass is 10.1. The second-order valence-corrected chi connectivity index (χ2v) is 7.44. The summed E-state index contributed by atoms with van der Waals surface area (Å²) >= 11 is 0. The molecule has 7 heteroatoms. The Morgan fingerprint density at radius 1 is 1.11 bits per heavy atom. The summed E-state index contributed by atoms with van der Waals surface area (Å²) in [7, 11) is 3.13. The average Bonchev–Trinajstić information content (AvgIpc) is 3.47. The van der Waals surface area contributed by atoms with Crippen molar-refractivity contribution in [2.75, 3.05) is 32.2 Å². The number of nitrogens with zero attached hydrogens (tertiary/aromatic N) is 3. The normalized spacial score (nSPS) is 18.8. The van der Waals surface area contributed by atoms with Gasteiger partial charge in [-0.1, -0.05) is 24.3 Å². The molecule has 1 N–H and O–H groups in total. The molecule has 0 radical (unpaired) electrons. The van der Waals surface area contributed by atoms with Crippen molar-refractivity contribution in [3.05, 3.63) is 41.5 Å². The van der Waals surface area contributed by atoms with Gasteiger partial charge < -0.3 is 19.7 Å². The summed E-state index contributed by atoms with van der Waals surface area (Å²) in [6.07, 6.45) is 3.85. The van der Waals surface area contributed by atoms with Crippen LogP contribution in [-0.4, -0.2) is 49.2 Å². The smallest absolute Gasteiger partial charge is 0.232 e. The van der Waals surface area contributed by atoms with Gasteiger partial charge in [0.25, 0.3) is 0 Å². The van der Waals surface area contributed by atoms with E-state index >= 15 is 0 Å². The van der Waals surface area contributed by atoms with Crippen molar-refractivity contribution in [2.24, 2.45) is 0 Å². The molecule has 1 saturated carbocycles. The number of carbonyl (C=O) groups excluding carboxylic acids is 1. The molecule has 2 aliphatic rings. The van der Waals surface area contributed by atoms with E-state index in [4.69, 9.17) is 9.47 Å². The van der Waals surface area contributed by atoms with E-state index in [2.05, 4.69) is 39.6 Å². The minimum Gasteiger partial charge on any atom is -0.481 e. The van der Waals surface area contributed by atoms with Gasteiger partial charge in [-0.2, -0.15) is 9.97 Å². The number of rotatable bonds is 7. The SMILES string of the molecule is COc1cc(OC)nc(N2CCC(NC(=O)Cc3ccc(C4CC4)cc3)C2)n1. The van der Waals surface area contributed by atoms with E-state index in [9.17, 15) is 4.79 Å². The lowest BCUT2D eigenvalue weighted by molar-refractivity contribution is -0.121. The summed E-state index contributed by atoms with van der Waals surface area (Å²) in [5.41, 5.74) is 2.45. The number of carbonyl (C=O) groups is 1. The molecule has 0 spiro atoms. The largest absolute Gasteiger partial charge is 0.481 e. The van der Waals surface area contributed by atoms with E-state index < -0.39 is 0 Å². The molecular weight excluding hydrogens is 356 g/mol. The monoisotopic (exact) mass is 382 g/mol. The van der Waals surface area contributed by atoms with Crippen LogP contribution >= 0.6 is 0 Å². The highest BCUT2D eigenvalue weighted by Gasteiger charge is 2.27. The van der Waals surface area contributed by atoms with Crippen molar-refractivity contribution in [2.45, 2.75) is 37.6 Å². The van der Waals surface area contributed by atoms with Crippen LogP contribution < -0.4 is 19.7 Å². The molecule has 1 amide bonds. The molecule has 148 valence electrons. The minimum atomic E-state index is 0.0511. The van der Waals surface area contributed by atoms with Crippen LogP contribution in [-0.2, 0) is 11.2 Å². The fraction of sp³-hybridized carbons (Fsp3) is 0.476. The quantitative estimate of drug-likeness (QED) is 0.792. The van der Waals surface area contributed by atoms with Gasteiger partial charge in [0.1, 0.15) is 0 Å². The van der Waals surface area contributed by atoms with Crippen LogP contribution in [0.3, 0.4) is 0 Å². The number of hydrogen-bond donors (Lipinski definition) is 1. The Kier molecular flexibility index (Phi) is 5.32. The molecule has 1 saturated heterocycles. The molecule has 1 atom stereocenters. The Morgan fingerprint density at radius 3 is 2.39 bits per heavy atom. The van der Waals surface area contributed by atoms with E-state index in [-0.39, 0.29) is 11.9 Å². The molecule has 1 unspecified atom stereocenters. The molecule has 2 fully saturated rings. The van der Waals surface area contributed by atoms with Gasteiger partial charge in [-0.3, -0.25) is 4.79 Å². The van der Waals surface area contributed by atoms with E-state index in [1.54, 1.807) is 20.3 Å². The summed E-state index contributed by atoms with van der Waals surface area (Å²) in [5, 5.41) is 3.14. The predicted octanol–water partition coefficient (Wildman–Crippen LogP) is 2.31. The molecule has 1 aromatic carbocycles. The summed E-state index contributed by atoms with van der Waals surface area (Å²) in [4.78, 5) is 23.3. The standard InChI is InChI=1S/C21H26N4O3/c1-27-19-12-20(28-2)24-21(23-19)25-10-9-17(13-25)22-18(26)11-14-3-5-15(6-4-14)16-7-8-16/h3-6,12,16-17H,7-11,13H2,1-2H3,(H,22,26). The van der Waals surface area contributed by atoms with Crippen molar-refractivity contribution in [3.8, 4) is 11.8 Å². The van der Waals surface area contributed by atoms with Crippen LogP contribution in [0.1, 0.15) is 36.3 Å². The number of methoxy groups -OCH3 is 2. The van der Waals surface area contributed by atoms with Crippen LogP contribution in [0, 0.1) is 0 Å². The molecule has 2 heterocycles. The van der Waals surface area contributed by atoms with E-state index in [0.29, 0.717) is 30.7 Å². The highest BCUT2D eigenvalue weighted by atomic mass is 16.5. The van der Waals surface area contributed by atoms with E-state index in [1.165, 1.54) is 18.4 Å². The second kappa shape index (κ2) is 8.04. The van der Waals surface area contributed by atoms with Gasteiger partial charge in [0.2, 0.25) is 23.6 Å². The Hall–Kier alpha value is -2.83. The third-order valence-electron chi connectivity index (χ3n) is 5.31. The number of nitrogens with one attached hydrogen (secondary N) is 1. The van der Waals surface area contributed by atoms with Crippen molar-refractivity contribution in [3.63, 3.8) is 0 Å². The highest BCUT2D eigenvalue weighted by molar-refractivity contribution is 5.79. The first kappa shape index (κ1) is 18.5. The van der Waals surface area contributed by atoms with Gasteiger partial charge in [0, 0.05) is 19.1 Å². The van der Waals surface area contributed by atoms with Crippen LogP contribution in [0.15, 0.2) is 30.3 Å². The van der Waals surface area contributed by atoms with Crippen LogP contribution in [0.5, 0.6) is 11.8 Å². The summed E-state index contributed by atoms with van der Waals surface area (Å²) < 4.78 is 10.4. The number of anilines is 1. The van der Waals surface area contributed by atoms with Crippen LogP contribution in [0.25, 0.3) is 0 Å². The van der Waals surface area contributed by atoms with Gasteiger partial charge in [0.15, 0.2) is 0 Å². The van der Waals surface area contributed by atoms with Crippen molar-refractivity contribution in [1.82, 2.24) is 15.3 Å². The zero-order chi connectivity index (χ0) is 19.5. The van der Waals surface area contributed by atoms with E-state index in [1.807, 2.05) is 4.90 Å². The molecule has 1 aliphatic carbocycles. The number of ether oxygens (including phenoxy) is 2. The number of aromatic nitrogens is 2. The van der Waals surface area contributed by atoms with Crippen molar-refractivity contribution >= 4 is 11.9 Å². The van der Waals surface area contributed by atoms with Gasteiger partial charge in [-0.25, -0.2) is 0 Å². The van der Waals surface area contributed by atoms with E-state index in [0.717, 1.165) is 24.4 Å². The summed E-state index contributed by atoms with van der Waals surface area (Å²) in [6, 6.07) is 10.2. The highest BCUT2D eigenvalue weighted by Crippen LogP contribution is 2.39. The average molecular weight is 382 g/mol. The van der Waals surface area contributed by atoms with Gasteiger partial charge in [-0.05, 0) is 36.3 Å². The first-order valence-corrected chi connectivity index (χ1v) is 9.75. The number of hydrogen-bond acceptors (Lipinski definition) is 6. The van der Waals surface area contributed by atoms with Crippen molar-refractivity contribution < 1.29 is 14.3 Å². The Morgan fingerprint density at radius 2 is 1.79 bits per heavy atom. The maximum Gasteiger partial charge on any atom is 0.232 e. The lowest BCUT2D eigenvalue weighted by Crippen LogP contribution is -2.38. The lowest BCUT2D eigenvalue weighted by Gasteiger charge is -2.18. The molecule has 0 bridgehead atoms. The topological polar surface area (TPSA) is 76.6 Å². The fourth-order valence-electron chi connectivity index (χ4n) is 3.59. The number of benzene rings is 1. The molecule has 28 heavy (non-hydrogen) atoms. The second-order valence-electron chi connectivity index (χ2n) is 7.44. The third-order valence-corrected chi connectivity index (χ3v) is 5.31. The Balaban J connectivity index is 1.32. The zero-order valence-corrected chi connectivity index (χ0v) is 16.4. The maximum absolute atomic E-state index is 12.4. The first-order chi connectivity index (χ1) is 13.6. The Labute approximate surface area is 165 Å². The molecule has 2 aromatic rings. The molecule has 4 rings (SSSR count). The van der Waals surface area contributed by atoms with Gasteiger partial charge in [0.05, 0.1) is 26.7 Å². The zero-order valence-electron chi connectivity index (χ0n) is 16.4. The molecule has 1 aromatic heterocycles. The van der Waals surface area contributed by atoms with Gasteiger partial charge >= 0.3 is 0 Å². The predicted molar refractivity (Wildman–Crippen MR) is 106 cm³/mol. The maximum atomic E-state index is 12.4. The van der Waals surface area contributed by atoms with Gasteiger partial charge in [-0.15, -0.1) is 0 Å². The summed E-state index contributed by atoms with van der Waals surface area (Å²) in [5.74, 6) is 2.27. The van der Waals surface area contributed by atoms with Crippen LogP contribution in [0.4, 0.5) is 5.95 Å². The molecular formula is C21H26N4O3.